The number of ketones is 1. The summed E-state index contributed by atoms with van der Waals surface area (Å²) < 4.78 is 35.8. The maximum atomic E-state index is 14.1. The van der Waals surface area contributed by atoms with Crippen molar-refractivity contribution >= 4 is 35.1 Å². The third kappa shape index (κ3) is 5.16. The number of anilines is 1. The Morgan fingerprint density at radius 2 is 1.82 bits per heavy atom. The van der Waals surface area contributed by atoms with Crippen molar-refractivity contribution in [2.75, 3.05) is 5.32 Å². The van der Waals surface area contributed by atoms with Crippen LogP contribution in [0.5, 0.6) is 5.75 Å². The monoisotopic (exact) mass is 564 g/mol. The summed E-state index contributed by atoms with van der Waals surface area (Å²) in [6, 6.07) is 18.0. The molecule has 0 bridgehead atoms. The van der Waals surface area contributed by atoms with E-state index in [9.17, 15) is 13.6 Å². The van der Waals surface area contributed by atoms with Gasteiger partial charge in [0.1, 0.15) is 30.0 Å². The fraction of sp³-hybridized carbons (Fsp3) is 0.207. The first-order valence-electron chi connectivity index (χ1n) is 12.5. The Bertz CT molecular complexity index is 1570. The number of hydrogen-bond acceptors (Lipinski definition) is 6. The minimum Gasteiger partial charge on any atom is -0.489 e. The van der Waals surface area contributed by atoms with Crippen molar-refractivity contribution in [2.24, 2.45) is 0 Å². The first-order chi connectivity index (χ1) is 19.0. The number of allylic oxidation sites excluding steroid dienone is 2. The van der Waals surface area contributed by atoms with Crippen LogP contribution in [0.4, 0.5) is 14.7 Å². The zero-order valence-electron chi connectivity index (χ0n) is 20.7. The predicted molar refractivity (Wildman–Crippen MR) is 146 cm³/mol. The zero-order valence-corrected chi connectivity index (χ0v) is 22.2. The second kappa shape index (κ2) is 10.8. The summed E-state index contributed by atoms with van der Waals surface area (Å²) in [6.45, 7) is -0.0121. The van der Waals surface area contributed by atoms with Crippen molar-refractivity contribution in [2.45, 2.75) is 42.8 Å². The van der Waals surface area contributed by atoms with Gasteiger partial charge in [-0.05, 0) is 54.3 Å². The van der Waals surface area contributed by atoms with E-state index in [0.29, 0.717) is 45.2 Å². The molecule has 3 aromatic carbocycles. The van der Waals surface area contributed by atoms with E-state index >= 15 is 0 Å². The number of hydrogen-bond donors (Lipinski definition) is 1. The summed E-state index contributed by atoms with van der Waals surface area (Å²) in [7, 11) is 0. The van der Waals surface area contributed by atoms with Crippen LogP contribution in [-0.2, 0) is 17.2 Å². The molecule has 0 fully saturated rings. The molecule has 1 aliphatic carbocycles. The van der Waals surface area contributed by atoms with Gasteiger partial charge in [0, 0.05) is 29.0 Å². The number of carbonyl (C=O) groups excluding carboxylic acids is 1. The number of halogens is 3. The van der Waals surface area contributed by atoms with Crippen LogP contribution in [0, 0.1) is 11.6 Å². The van der Waals surface area contributed by atoms with E-state index < -0.39 is 11.9 Å². The van der Waals surface area contributed by atoms with Crippen LogP contribution < -0.4 is 10.1 Å². The lowest BCUT2D eigenvalue weighted by Gasteiger charge is -2.32. The van der Waals surface area contributed by atoms with E-state index in [-0.39, 0.29) is 23.8 Å². The Kier molecular flexibility index (Phi) is 7.10. The van der Waals surface area contributed by atoms with Gasteiger partial charge in [-0.2, -0.15) is 4.98 Å². The minimum absolute atomic E-state index is 0.0121. The van der Waals surface area contributed by atoms with Gasteiger partial charge in [0.25, 0.3) is 0 Å². The largest absolute Gasteiger partial charge is 0.489 e. The highest BCUT2D eigenvalue weighted by molar-refractivity contribution is 7.98. The second-order valence-electron chi connectivity index (χ2n) is 9.30. The van der Waals surface area contributed by atoms with Gasteiger partial charge in [0.2, 0.25) is 11.1 Å². The highest BCUT2D eigenvalue weighted by atomic mass is 35.5. The fourth-order valence-corrected chi connectivity index (χ4v) is 5.87. The predicted octanol–water partition coefficient (Wildman–Crippen LogP) is 7.10. The normalized spacial score (nSPS) is 16.5. The summed E-state index contributed by atoms with van der Waals surface area (Å²) in [6.07, 6.45) is 1.99. The first kappa shape index (κ1) is 25.6. The molecule has 1 unspecified atom stereocenters. The van der Waals surface area contributed by atoms with Crippen molar-refractivity contribution in [3.05, 3.63) is 111 Å². The molecule has 0 saturated carbocycles. The molecule has 0 spiro atoms. The van der Waals surface area contributed by atoms with Crippen LogP contribution in [0.2, 0.25) is 5.02 Å². The maximum Gasteiger partial charge on any atom is 0.227 e. The number of fused-ring (bicyclic) bond motifs is 1. The van der Waals surface area contributed by atoms with Crippen LogP contribution in [0.15, 0.2) is 83.2 Å². The summed E-state index contributed by atoms with van der Waals surface area (Å²) in [5.74, 6) is 0.837. The van der Waals surface area contributed by atoms with Gasteiger partial charge < -0.3 is 10.1 Å². The number of rotatable bonds is 7. The van der Waals surface area contributed by atoms with E-state index in [1.165, 1.54) is 23.9 Å². The first-order valence-corrected chi connectivity index (χ1v) is 13.9. The third-order valence-corrected chi connectivity index (χ3v) is 8.04. The average Bonchev–Trinajstić information content (AvgIpc) is 3.34. The Labute approximate surface area is 233 Å². The molecule has 1 aliphatic heterocycles. The molecule has 10 heteroatoms. The van der Waals surface area contributed by atoms with Crippen molar-refractivity contribution < 1.29 is 18.3 Å². The van der Waals surface area contributed by atoms with E-state index in [1.54, 1.807) is 47.1 Å². The van der Waals surface area contributed by atoms with Crippen LogP contribution in [0.25, 0.3) is 0 Å². The number of aromatic nitrogens is 3. The molecular formula is C29H23ClF2N4O2S. The van der Waals surface area contributed by atoms with Gasteiger partial charge in [0.05, 0.1) is 5.02 Å². The lowest BCUT2D eigenvalue weighted by atomic mass is 9.85. The SMILES string of the molecule is O=C1CCCC2=C1C(c1ccc(OCc3c(F)cccc3Cl)cc1)n1nc(SCc3ccccc3F)nc1N2. The standard InChI is InChI=1S/C29H23ClF2N4O2S/c30-21-6-3-8-23(32)20(21)15-38-19-13-11-17(12-14-19)27-26-24(9-4-10-25(26)37)33-28-34-29(35-36(27)28)39-16-18-5-1-2-7-22(18)31/h1-3,5-8,11-14,27H,4,9-10,15-16H2,(H,33,34,35). The maximum absolute atomic E-state index is 14.1. The summed E-state index contributed by atoms with van der Waals surface area (Å²) in [4.78, 5) is 17.7. The zero-order chi connectivity index (χ0) is 26.9. The van der Waals surface area contributed by atoms with Crippen molar-refractivity contribution in [1.82, 2.24) is 14.8 Å². The lowest BCUT2D eigenvalue weighted by Crippen LogP contribution is -2.31. The Balaban J connectivity index is 1.27. The van der Waals surface area contributed by atoms with E-state index in [0.717, 1.165) is 24.1 Å². The molecule has 4 aromatic rings. The van der Waals surface area contributed by atoms with Crippen LogP contribution >= 0.6 is 23.4 Å². The summed E-state index contributed by atoms with van der Waals surface area (Å²) in [5.41, 5.74) is 3.23. The molecule has 2 aliphatic rings. The van der Waals surface area contributed by atoms with Crippen molar-refractivity contribution in [3.8, 4) is 5.75 Å². The third-order valence-electron chi connectivity index (χ3n) is 6.80. The smallest absolute Gasteiger partial charge is 0.227 e. The van der Waals surface area contributed by atoms with E-state index in [2.05, 4.69) is 10.3 Å². The van der Waals surface area contributed by atoms with E-state index in [4.69, 9.17) is 21.4 Å². The van der Waals surface area contributed by atoms with Crippen molar-refractivity contribution in [1.29, 1.82) is 0 Å². The second-order valence-corrected chi connectivity index (χ2v) is 10.6. The van der Waals surface area contributed by atoms with Gasteiger partial charge in [0.15, 0.2) is 5.78 Å². The molecule has 6 rings (SSSR count). The summed E-state index contributed by atoms with van der Waals surface area (Å²) >= 11 is 7.45. The van der Waals surface area contributed by atoms with Gasteiger partial charge >= 0.3 is 0 Å². The molecule has 6 nitrogen and oxygen atoms in total. The Hall–Kier alpha value is -3.69. The fourth-order valence-electron chi connectivity index (χ4n) is 4.84. The van der Waals surface area contributed by atoms with E-state index in [1.807, 2.05) is 12.1 Å². The number of ether oxygens (including phenoxy) is 1. The number of benzene rings is 3. The number of carbonyl (C=O) groups is 1. The highest BCUT2D eigenvalue weighted by Gasteiger charge is 2.36. The number of nitrogens with zero attached hydrogens (tertiary/aromatic N) is 3. The lowest BCUT2D eigenvalue weighted by molar-refractivity contribution is -0.116. The van der Waals surface area contributed by atoms with Crippen molar-refractivity contribution in [3.63, 3.8) is 0 Å². The molecule has 1 N–H and O–H groups in total. The average molecular weight is 565 g/mol. The van der Waals surface area contributed by atoms with Crippen LogP contribution in [0.1, 0.15) is 42.0 Å². The summed E-state index contributed by atoms with van der Waals surface area (Å²) in [5, 5.41) is 8.80. The van der Waals surface area contributed by atoms with Gasteiger partial charge in [-0.25, -0.2) is 13.5 Å². The number of nitrogens with one attached hydrogen (secondary N) is 1. The van der Waals surface area contributed by atoms with Crippen LogP contribution in [-0.4, -0.2) is 20.5 Å². The molecule has 0 amide bonds. The molecule has 0 radical (unpaired) electrons. The molecular weight excluding hydrogens is 542 g/mol. The van der Waals surface area contributed by atoms with Gasteiger partial charge in [-0.3, -0.25) is 4.79 Å². The quantitative estimate of drug-likeness (QED) is 0.241. The molecule has 0 saturated heterocycles. The molecule has 1 atom stereocenters. The molecule has 1 aromatic heterocycles. The van der Waals surface area contributed by atoms with Gasteiger partial charge in [-0.1, -0.05) is 59.8 Å². The topological polar surface area (TPSA) is 69.0 Å². The number of Topliss-reactive ketones (excluding diaryl/α,β-unsaturated/α-hetero) is 1. The molecule has 39 heavy (non-hydrogen) atoms. The molecule has 198 valence electrons. The number of thioether (sulfide) groups is 1. The van der Waals surface area contributed by atoms with Crippen LogP contribution in [0.3, 0.4) is 0 Å². The highest BCUT2D eigenvalue weighted by Crippen LogP contribution is 2.41. The minimum atomic E-state index is -0.463. The molecule has 2 heterocycles. The Morgan fingerprint density at radius 1 is 1.03 bits per heavy atom. The van der Waals surface area contributed by atoms with Gasteiger partial charge in [-0.15, -0.1) is 5.10 Å². The Morgan fingerprint density at radius 3 is 2.62 bits per heavy atom.